The molecule has 4 heteroatoms. The highest BCUT2D eigenvalue weighted by Crippen LogP contribution is 2.20. The lowest BCUT2D eigenvalue weighted by atomic mass is 10.1. The molecule has 2 rings (SSSR count). The first-order valence-corrected chi connectivity index (χ1v) is 6.05. The maximum Gasteiger partial charge on any atom is 0.239 e. The number of hydrogen-bond donors (Lipinski definition) is 2. The number of benzene rings is 1. The summed E-state index contributed by atoms with van der Waals surface area (Å²) in [4.78, 5) is 13.7. The van der Waals surface area contributed by atoms with Crippen molar-refractivity contribution < 1.29 is 4.79 Å². The fourth-order valence-corrected chi connectivity index (χ4v) is 2.17. The Bertz CT molecular complexity index is 392. The van der Waals surface area contributed by atoms with Gasteiger partial charge in [0.2, 0.25) is 5.91 Å². The second-order valence-electron chi connectivity index (χ2n) is 4.28. The summed E-state index contributed by atoms with van der Waals surface area (Å²) >= 11 is 0. The van der Waals surface area contributed by atoms with Crippen molar-refractivity contribution in [3.8, 4) is 0 Å². The number of para-hydroxylation sites is 1. The maximum absolute atomic E-state index is 11.6. The van der Waals surface area contributed by atoms with Gasteiger partial charge in [-0.05, 0) is 25.1 Å². The number of anilines is 1. The van der Waals surface area contributed by atoms with Gasteiger partial charge in [0, 0.05) is 25.3 Å². The fourth-order valence-electron chi connectivity index (χ4n) is 2.17. The van der Waals surface area contributed by atoms with Crippen molar-refractivity contribution in [3.05, 3.63) is 29.8 Å². The number of nitrogens with one attached hydrogen (secondary N) is 2. The van der Waals surface area contributed by atoms with Crippen molar-refractivity contribution in [3.63, 3.8) is 0 Å². The molecule has 0 spiro atoms. The first-order chi connectivity index (χ1) is 8.31. The Morgan fingerprint density at radius 3 is 3.06 bits per heavy atom. The summed E-state index contributed by atoms with van der Waals surface area (Å²) in [5.41, 5.74) is 2.41. The van der Waals surface area contributed by atoms with E-state index in [0.717, 1.165) is 26.1 Å². The van der Waals surface area contributed by atoms with Crippen LogP contribution >= 0.6 is 0 Å². The lowest BCUT2D eigenvalue weighted by Crippen LogP contribution is -2.33. The predicted molar refractivity (Wildman–Crippen MR) is 69.0 cm³/mol. The Balaban J connectivity index is 2.22. The van der Waals surface area contributed by atoms with E-state index >= 15 is 0 Å². The van der Waals surface area contributed by atoms with Gasteiger partial charge in [-0.25, -0.2) is 0 Å². The van der Waals surface area contributed by atoms with Crippen molar-refractivity contribution in [1.82, 2.24) is 10.6 Å². The van der Waals surface area contributed by atoms with Crippen LogP contribution in [0.3, 0.4) is 0 Å². The Morgan fingerprint density at radius 1 is 1.41 bits per heavy atom. The largest absolute Gasteiger partial charge is 0.362 e. The van der Waals surface area contributed by atoms with Gasteiger partial charge in [0.25, 0.3) is 0 Å². The molecule has 1 aliphatic heterocycles. The van der Waals surface area contributed by atoms with E-state index in [1.54, 1.807) is 0 Å². The van der Waals surface area contributed by atoms with E-state index in [1.807, 2.05) is 19.2 Å². The smallest absolute Gasteiger partial charge is 0.239 e. The van der Waals surface area contributed by atoms with Gasteiger partial charge < -0.3 is 15.5 Å². The zero-order valence-corrected chi connectivity index (χ0v) is 10.2. The Kier molecular flexibility index (Phi) is 3.98. The normalized spacial score (nSPS) is 16.5. The summed E-state index contributed by atoms with van der Waals surface area (Å²) in [6, 6.07) is 8.26. The first-order valence-electron chi connectivity index (χ1n) is 6.05. The van der Waals surface area contributed by atoms with Crippen LogP contribution in [0.25, 0.3) is 0 Å². The van der Waals surface area contributed by atoms with Gasteiger partial charge in [0.1, 0.15) is 0 Å². The average molecular weight is 233 g/mol. The fraction of sp³-hybridized carbons (Fsp3) is 0.462. The number of hydrogen-bond acceptors (Lipinski definition) is 3. The van der Waals surface area contributed by atoms with Crippen molar-refractivity contribution in [2.24, 2.45) is 0 Å². The molecule has 2 N–H and O–H groups in total. The topological polar surface area (TPSA) is 44.4 Å². The van der Waals surface area contributed by atoms with Crippen LogP contribution in [0.15, 0.2) is 24.3 Å². The van der Waals surface area contributed by atoms with E-state index in [1.165, 1.54) is 11.3 Å². The van der Waals surface area contributed by atoms with Gasteiger partial charge in [-0.3, -0.25) is 4.79 Å². The highest BCUT2D eigenvalue weighted by molar-refractivity contribution is 5.82. The second-order valence-corrected chi connectivity index (χ2v) is 4.28. The molecule has 1 heterocycles. The van der Waals surface area contributed by atoms with E-state index in [0.29, 0.717) is 6.54 Å². The lowest BCUT2D eigenvalue weighted by molar-refractivity contribution is -0.119. The van der Waals surface area contributed by atoms with Gasteiger partial charge in [-0.1, -0.05) is 18.2 Å². The van der Waals surface area contributed by atoms with Crippen LogP contribution in [0.2, 0.25) is 0 Å². The standard InChI is InChI=1S/C13H19N3O/c1-14-9-11-5-2-3-6-12(11)16-8-4-7-15-13(17)10-16/h2-3,5-6,14H,4,7-10H2,1H3,(H,15,17). The summed E-state index contributed by atoms with van der Waals surface area (Å²) in [7, 11) is 1.94. The van der Waals surface area contributed by atoms with Crippen LogP contribution in [0, 0.1) is 0 Å². The van der Waals surface area contributed by atoms with Crippen molar-refractivity contribution in [2.45, 2.75) is 13.0 Å². The molecule has 0 radical (unpaired) electrons. The minimum Gasteiger partial charge on any atom is -0.362 e. The van der Waals surface area contributed by atoms with Gasteiger partial charge in [0.05, 0.1) is 6.54 Å². The minimum absolute atomic E-state index is 0.113. The van der Waals surface area contributed by atoms with E-state index in [2.05, 4.69) is 27.7 Å². The van der Waals surface area contributed by atoms with E-state index in [4.69, 9.17) is 0 Å². The summed E-state index contributed by atoms with van der Waals surface area (Å²) in [5, 5.41) is 6.06. The molecular weight excluding hydrogens is 214 g/mol. The summed E-state index contributed by atoms with van der Waals surface area (Å²) in [5.74, 6) is 0.113. The minimum atomic E-state index is 0.113. The van der Waals surface area contributed by atoms with Gasteiger partial charge in [0.15, 0.2) is 0 Å². The number of carbonyl (C=O) groups excluding carboxylic acids is 1. The van der Waals surface area contributed by atoms with E-state index < -0.39 is 0 Å². The maximum atomic E-state index is 11.6. The van der Waals surface area contributed by atoms with Crippen LogP contribution in [0.1, 0.15) is 12.0 Å². The third kappa shape index (κ3) is 2.97. The number of amides is 1. The van der Waals surface area contributed by atoms with Crippen LogP contribution in [0.4, 0.5) is 5.69 Å². The lowest BCUT2D eigenvalue weighted by Gasteiger charge is -2.24. The molecule has 0 unspecified atom stereocenters. The summed E-state index contributed by atoms with van der Waals surface area (Å²) in [6.07, 6.45) is 1.000. The Morgan fingerprint density at radius 2 is 2.24 bits per heavy atom. The Labute approximate surface area is 102 Å². The Hall–Kier alpha value is -1.55. The number of carbonyl (C=O) groups is 1. The third-order valence-electron chi connectivity index (χ3n) is 2.96. The van der Waals surface area contributed by atoms with Gasteiger partial charge >= 0.3 is 0 Å². The molecule has 92 valence electrons. The van der Waals surface area contributed by atoms with E-state index in [-0.39, 0.29) is 5.91 Å². The number of rotatable bonds is 3. The molecule has 1 aromatic rings. The van der Waals surface area contributed by atoms with Crippen LogP contribution in [-0.2, 0) is 11.3 Å². The average Bonchev–Trinajstić information content (AvgIpc) is 2.55. The molecule has 0 saturated carbocycles. The molecule has 1 aliphatic rings. The van der Waals surface area contributed by atoms with Crippen LogP contribution in [0.5, 0.6) is 0 Å². The molecule has 17 heavy (non-hydrogen) atoms. The zero-order valence-electron chi connectivity index (χ0n) is 10.2. The van der Waals surface area contributed by atoms with Gasteiger partial charge in [-0.15, -0.1) is 0 Å². The monoisotopic (exact) mass is 233 g/mol. The molecule has 1 aromatic carbocycles. The van der Waals surface area contributed by atoms with Crippen LogP contribution in [-0.4, -0.2) is 32.6 Å². The number of nitrogens with zero attached hydrogens (tertiary/aromatic N) is 1. The molecule has 0 aromatic heterocycles. The predicted octanol–water partition coefficient (Wildman–Crippen LogP) is 0.732. The molecule has 1 saturated heterocycles. The molecule has 1 amide bonds. The quantitative estimate of drug-likeness (QED) is 0.809. The molecule has 0 atom stereocenters. The molecular formula is C13H19N3O. The van der Waals surface area contributed by atoms with Gasteiger partial charge in [-0.2, -0.15) is 0 Å². The summed E-state index contributed by atoms with van der Waals surface area (Å²) < 4.78 is 0. The molecule has 0 bridgehead atoms. The first kappa shape index (κ1) is 11.9. The second kappa shape index (κ2) is 5.68. The molecule has 1 fully saturated rings. The highest BCUT2D eigenvalue weighted by Gasteiger charge is 2.16. The zero-order chi connectivity index (χ0) is 12.1. The SMILES string of the molecule is CNCc1ccccc1N1CCCNC(=O)C1. The van der Waals surface area contributed by atoms with Crippen molar-refractivity contribution in [1.29, 1.82) is 0 Å². The van der Waals surface area contributed by atoms with E-state index in [9.17, 15) is 4.79 Å². The summed E-state index contributed by atoms with van der Waals surface area (Å²) in [6.45, 7) is 3.00. The van der Waals surface area contributed by atoms with Crippen molar-refractivity contribution in [2.75, 3.05) is 31.6 Å². The van der Waals surface area contributed by atoms with Crippen molar-refractivity contribution >= 4 is 11.6 Å². The molecule has 0 aliphatic carbocycles. The third-order valence-corrected chi connectivity index (χ3v) is 2.96. The highest BCUT2D eigenvalue weighted by atomic mass is 16.2. The van der Waals surface area contributed by atoms with Crippen LogP contribution < -0.4 is 15.5 Å². The molecule has 4 nitrogen and oxygen atoms in total.